The van der Waals surface area contributed by atoms with E-state index in [2.05, 4.69) is 43.6 Å². The van der Waals surface area contributed by atoms with Gasteiger partial charge in [0.25, 0.3) is 0 Å². The Bertz CT molecular complexity index is 754. The second-order valence-corrected chi connectivity index (χ2v) is 11.3. The van der Waals surface area contributed by atoms with Gasteiger partial charge in [0.2, 0.25) is 0 Å². The zero-order valence-corrected chi connectivity index (χ0v) is 20.7. The molecule has 0 saturated heterocycles. The van der Waals surface area contributed by atoms with E-state index in [0.717, 1.165) is 25.4 Å². The predicted molar refractivity (Wildman–Crippen MR) is 129 cm³/mol. The van der Waals surface area contributed by atoms with Gasteiger partial charge < -0.3 is 15.4 Å². The van der Waals surface area contributed by atoms with Gasteiger partial charge in [-0.2, -0.15) is 0 Å². The van der Waals surface area contributed by atoms with Gasteiger partial charge in [0.05, 0.1) is 0 Å². The van der Waals surface area contributed by atoms with Gasteiger partial charge in [0, 0.05) is 13.1 Å². The molecule has 0 bridgehead atoms. The summed E-state index contributed by atoms with van der Waals surface area (Å²) in [5.74, 6) is 1.40. The third-order valence-corrected chi connectivity index (χ3v) is 7.20. The van der Waals surface area contributed by atoms with Crippen molar-refractivity contribution in [3.63, 3.8) is 0 Å². The molecule has 31 heavy (non-hydrogen) atoms. The fourth-order valence-electron chi connectivity index (χ4n) is 5.55. The largest absolute Gasteiger partial charge is 0.444 e. The maximum atomic E-state index is 11.7. The van der Waals surface area contributed by atoms with E-state index < -0.39 is 5.60 Å². The molecule has 2 unspecified atom stereocenters. The number of allylic oxidation sites excluding steroid dienone is 5. The van der Waals surface area contributed by atoms with Gasteiger partial charge in [-0.05, 0) is 101 Å². The van der Waals surface area contributed by atoms with E-state index in [0.29, 0.717) is 17.9 Å². The zero-order chi connectivity index (χ0) is 22.6. The molecular formula is C27H44N2O2. The minimum atomic E-state index is -0.443. The van der Waals surface area contributed by atoms with Gasteiger partial charge >= 0.3 is 6.09 Å². The average Bonchev–Trinajstić information content (AvgIpc) is 2.90. The van der Waals surface area contributed by atoms with Crippen LogP contribution in [0.2, 0.25) is 0 Å². The number of hydrogen-bond donors (Lipinski definition) is 2. The highest BCUT2D eigenvalue weighted by molar-refractivity contribution is 5.67. The number of rotatable bonds is 7. The van der Waals surface area contributed by atoms with Crippen LogP contribution in [-0.2, 0) is 4.74 Å². The highest BCUT2D eigenvalue weighted by atomic mass is 16.6. The Kier molecular flexibility index (Phi) is 7.72. The summed E-state index contributed by atoms with van der Waals surface area (Å²) in [7, 11) is 0. The van der Waals surface area contributed by atoms with Crippen LogP contribution in [0, 0.1) is 17.3 Å². The summed E-state index contributed by atoms with van der Waals surface area (Å²) < 4.78 is 5.27. The molecule has 0 radical (unpaired) electrons. The molecule has 1 amide bonds. The minimum absolute atomic E-state index is 0.331. The van der Waals surface area contributed by atoms with Crippen LogP contribution in [0.25, 0.3) is 0 Å². The standard InChI is InChI=1S/C27H44N2O2/c1-19(2)22-13-15-27(6)14-12-21-10-8-20(9-11-23(21)24(22)27)18-28-16-7-17-29-25(30)31-26(3,4)5/h9,11,19,21,28H,7-8,10,12-18H2,1-6H3,(H,29,30). The van der Waals surface area contributed by atoms with Crippen molar-refractivity contribution >= 4 is 6.09 Å². The van der Waals surface area contributed by atoms with Crippen molar-refractivity contribution in [1.82, 2.24) is 10.6 Å². The van der Waals surface area contributed by atoms with Crippen LogP contribution in [0.15, 0.2) is 34.4 Å². The van der Waals surface area contributed by atoms with Crippen LogP contribution >= 0.6 is 0 Å². The van der Waals surface area contributed by atoms with E-state index in [9.17, 15) is 4.79 Å². The van der Waals surface area contributed by atoms with Crippen LogP contribution in [0.3, 0.4) is 0 Å². The molecule has 3 aliphatic rings. The summed E-state index contributed by atoms with van der Waals surface area (Å²) >= 11 is 0. The van der Waals surface area contributed by atoms with E-state index in [4.69, 9.17) is 4.74 Å². The molecule has 0 heterocycles. The van der Waals surface area contributed by atoms with Crippen molar-refractivity contribution in [2.45, 2.75) is 92.1 Å². The zero-order valence-electron chi connectivity index (χ0n) is 20.7. The molecule has 4 heteroatoms. The Morgan fingerprint density at radius 2 is 1.94 bits per heavy atom. The van der Waals surface area contributed by atoms with Crippen molar-refractivity contribution in [1.29, 1.82) is 0 Å². The Morgan fingerprint density at radius 3 is 2.65 bits per heavy atom. The summed E-state index contributed by atoms with van der Waals surface area (Å²) in [5, 5.41) is 6.39. The molecule has 0 aromatic heterocycles. The molecule has 3 rings (SSSR count). The second kappa shape index (κ2) is 9.94. The number of carbonyl (C=O) groups is 1. The van der Waals surface area contributed by atoms with Crippen LogP contribution in [0.1, 0.15) is 86.5 Å². The number of ether oxygens (including phenoxy) is 1. The minimum Gasteiger partial charge on any atom is -0.444 e. The highest BCUT2D eigenvalue weighted by Gasteiger charge is 2.44. The quantitative estimate of drug-likeness (QED) is 0.468. The lowest BCUT2D eigenvalue weighted by molar-refractivity contribution is 0.0527. The van der Waals surface area contributed by atoms with Crippen LogP contribution in [-0.4, -0.2) is 31.3 Å². The molecular weight excluding hydrogens is 384 g/mol. The molecule has 0 aromatic rings. The van der Waals surface area contributed by atoms with E-state index in [-0.39, 0.29) is 6.09 Å². The van der Waals surface area contributed by atoms with Crippen molar-refractivity contribution in [3.05, 3.63) is 34.4 Å². The van der Waals surface area contributed by atoms with Crippen LogP contribution in [0.4, 0.5) is 4.79 Å². The van der Waals surface area contributed by atoms with Gasteiger partial charge in [-0.1, -0.05) is 44.1 Å². The average molecular weight is 429 g/mol. The first-order chi connectivity index (χ1) is 14.6. The number of fused-ring (bicyclic) bond motifs is 3. The number of hydrogen-bond acceptors (Lipinski definition) is 3. The van der Waals surface area contributed by atoms with Crippen molar-refractivity contribution in [3.8, 4) is 0 Å². The first-order valence-electron chi connectivity index (χ1n) is 12.4. The fraction of sp³-hybridized carbons (Fsp3) is 0.741. The lowest BCUT2D eigenvalue weighted by Crippen LogP contribution is -2.34. The Labute approximate surface area is 190 Å². The summed E-state index contributed by atoms with van der Waals surface area (Å²) in [4.78, 5) is 11.7. The molecule has 174 valence electrons. The third-order valence-electron chi connectivity index (χ3n) is 7.20. The molecule has 0 aliphatic heterocycles. The Balaban J connectivity index is 1.50. The Morgan fingerprint density at radius 1 is 1.16 bits per heavy atom. The van der Waals surface area contributed by atoms with E-state index in [1.165, 1.54) is 44.1 Å². The number of carbonyl (C=O) groups excluding carboxylic acids is 1. The van der Waals surface area contributed by atoms with Crippen LogP contribution in [0.5, 0.6) is 0 Å². The van der Waals surface area contributed by atoms with Gasteiger partial charge in [0.1, 0.15) is 5.60 Å². The molecule has 1 saturated carbocycles. The van der Waals surface area contributed by atoms with E-state index in [1.807, 2.05) is 20.8 Å². The van der Waals surface area contributed by atoms with E-state index >= 15 is 0 Å². The van der Waals surface area contributed by atoms with Crippen LogP contribution < -0.4 is 10.6 Å². The molecule has 0 spiro atoms. The summed E-state index contributed by atoms with van der Waals surface area (Å²) in [6.07, 6.45) is 13.3. The lowest BCUT2D eigenvalue weighted by Gasteiger charge is -2.40. The second-order valence-electron chi connectivity index (χ2n) is 11.3. The summed E-state index contributed by atoms with van der Waals surface area (Å²) in [6, 6.07) is 0. The molecule has 0 aromatic carbocycles. The first kappa shape index (κ1) is 24.1. The monoisotopic (exact) mass is 428 g/mol. The first-order valence-corrected chi connectivity index (χ1v) is 12.4. The topological polar surface area (TPSA) is 50.4 Å². The SMILES string of the molecule is CC(C)C1=C2C3=CC=C(CNCCCNC(=O)OC(C)(C)C)CCC3CCC2(C)CC1. The molecule has 1 fully saturated rings. The number of amides is 1. The smallest absolute Gasteiger partial charge is 0.407 e. The summed E-state index contributed by atoms with van der Waals surface area (Å²) in [6.45, 7) is 15.4. The molecule has 2 N–H and O–H groups in total. The van der Waals surface area contributed by atoms with Gasteiger partial charge in [0.15, 0.2) is 0 Å². The van der Waals surface area contributed by atoms with Gasteiger partial charge in [-0.3, -0.25) is 0 Å². The fourth-order valence-corrected chi connectivity index (χ4v) is 5.55. The van der Waals surface area contributed by atoms with Gasteiger partial charge in [-0.25, -0.2) is 4.79 Å². The van der Waals surface area contributed by atoms with Crippen molar-refractivity contribution in [2.24, 2.45) is 17.3 Å². The maximum absolute atomic E-state index is 11.7. The normalized spacial score (nSPS) is 26.1. The third kappa shape index (κ3) is 6.25. The maximum Gasteiger partial charge on any atom is 0.407 e. The lowest BCUT2D eigenvalue weighted by atomic mass is 9.65. The summed E-state index contributed by atoms with van der Waals surface area (Å²) in [5.41, 5.74) is 6.60. The van der Waals surface area contributed by atoms with Gasteiger partial charge in [-0.15, -0.1) is 0 Å². The van der Waals surface area contributed by atoms with E-state index in [1.54, 1.807) is 16.7 Å². The Hall–Kier alpha value is -1.55. The van der Waals surface area contributed by atoms with Crippen molar-refractivity contribution < 1.29 is 9.53 Å². The predicted octanol–water partition coefficient (Wildman–Crippen LogP) is 6.30. The molecule has 4 nitrogen and oxygen atoms in total. The molecule has 3 aliphatic carbocycles. The number of alkyl carbamates (subject to hydrolysis) is 1. The number of nitrogens with one attached hydrogen (secondary N) is 2. The highest BCUT2D eigenvalue weighted by Crippen LogP contribution is 2.57. The molecule has 2 atom stereocenters. The van der Waals surface area contributed by atoms with Crippen molar-refractivity contribution in [2.75, 3.05) is 19.6 Å².